The van der Waals surface area contributed by atoms with Gasteiger partial charge in [0.15, 0.2) is 11.5 Å². The smallest absolute Gasteiger partial charge is 0.203 e. The number of para-hydroxylation sites is 1. The van der Waals surface area contributed by atoms with E-state index in [4.69, 9.17) is 18.9 Å². The molecule has 0 saturated carbocycles. The van der Waals surface area contributed by atoms with E-state index in [9.17, 15) is 9.90 Å². The first kappa shape index (κ1) is 27.8. The summed E-state index contributed by atoms with van der Waals surface area (Å²) in [6.07, 6.45) is 3.70. The van der Waals surface area contributed by atoms with E-state index in [1.54, 1.807) is 33.5 Å². The minimum absolute atomic E-state index is 0.0187. The van der Waals surface area contributed by atoms with Crippen molar-refractivity contribution in [1.82, 2.24) is 0 Å². The quantitative estimate of drug-likeness (QED) is 0.376. The Kier molecular flexibility index (Phi) is 8.47. The molecule has 3 aromatic rings. The third-order valence-corrected chi connectivity index (χ3v) is 8.14. The highest BCUT2D eigenvalue weighted by Gasteiger charge is 2.33. The Bertz CT molecular complexity index is 1420. The summed E-state index contributed by atoms with van der Waals surface area (Å²) < 4.78 is 23.1. The molecule has 0 bridgehead atoms. The van der Waals surface area contributed by atoms with Gasteiger partial charge in [-0.25, -0.2) is 0 Å². The van der Waals surface area contributed by atoms with Crippen molar-refractivity contribution in [1.29, 1.82) is 0 Å². The lowest BCUT2D eigenvalue weighted by molar-refractivity contribution is -0.926. The Labute approximate surface area is 235 Å². The molecule has 3 aromatic carbocycles. The van der Waals surface area contributed by atoms with E-state index in [0.29, 0.717) is 36.0 Å². The van der Waals surface area contributed by atoms with E-state index in [-0.39, 0.29) is 23.3 Å². The molecule has 1 heterocycles. The van der Waals surface area contributed by atoms with E-state index >= 15 is 0 Å². The van der Waals surface area contributed by atoms with Gasteiger partial charge < -0.3 is 34.3 Å². The first-order chi connectivity index (χ1) is 19.4. The van der Waals surface area contributed by atoms with Crippen LogP contribution in [0.25, 0.3) is 11.1 Å². The molecule has 3 atom stereocenters. The Balaban J connectivity index is 1.65. The van der Waals surface area contributed by atoms with Crippen molar-refractivity contribution in [2.75, 3.05) is 46.8 Å². The molecule has 2 aliphatic rings. The van der Waals surface area contributed by atoms with Crippen LogP contribution in [-0.2, 0) is 17.7 Å². The van der Waals surface area contributed by atoms with Gasteiger partial charge in [-0.1, -0.05) is 18.2 Å². The summed E-state index contributed by atoms with van der Waals surface area (Å²) in [6.45, 7) is 1.97. The highest BCUT2D eigenvalue weighted by Crippen LogP contribution is 2.50. The lowest BCUT2D eigenvalue weighted by Gasteiger charge is -2.25. The van der Waals surface area contributed by atoms with Gasteiger partial charge >= 0.3 is 0 Å². The van der Waals surface area contributed by atoms with Crippen LogP contribution in [0.3, 0.4) is 0 Å². The van der Waals surface area contributed by atoms with E-state index in [1.807, 2.05) is 36.4 Å². The monoisotopic (exact) mass is 547 g/mol. The molecular weight excluding hydrogens is 508 g/mol. The third-order valence-electron chi connectivity index (χ3n) is 8.14. The second-order valence-electron chi connectivity index (χ2n) is 10.6. The molecule has 3 N–H and O–H groups in total. The van der Waals surface area contributed by atoms with Gasteiger partial charge in [-0.15, -0.1) is 0 Å². The Morgan fingerprint density at radius 3 is 2.52 bits per heavy atom. The number of anilines is 1. The normalized spacial score (nSPS) is 18.7. The van der Waals surface area contributed by atoms with Crippen molar-refractivity contribution in [2.45, 2.75) is 44.4 Å². The van der Waals surface area contributed by atoms with Crippen LogP contribution in [0.2, 0.25) is 0 Å². The van der Waals surface area contributed by atoms with Gasteiger partial charge in [0.05, 0.1) is 40.2 Å². The molecule has 1 aliphatic carbocycles. The van der Waals surface area contributed by atoms with E-state index in [2.05, 4.69) is 12.4 Å². The van der Waals surface area contributed by atoms with Crippen LogP contribution in [0.15, 0.2) is 53.3 Å². The molecule has 0 radical (unpaired) electrons. The van der Waals surface area contributed by atoms with Gasteiger partial charge in [-0.3, -0.25) is 4.79 Å². The zero-order chi connectivity index (χ0) is 28.2. The molecule has 8 nitrogen and oxygen atoms in total. The maximum absolute atomic E-state index is 13.7. The van der Waals surface area contributed by atoms with Crippen LogP contribution < -0.4 is 29.9 Å². The van der Waals surface area contributed by atoms with Crippen molar-refractivity contribution in [2.24, 2.45) is 0 Å². The fourth-order valence-electron chi connectivity index (χ4n) is 6.08. The lowest BCUT2D eigenvalue weighted by atomic mass is 9.95. The fraction of sp³-hybridized carbons (Fsp3) is 0.406. The molecule has 1 saturated heterocycles. The molecule has 8 heteroatoms. The van der Waals surface area contributed by atoms with E-state index in [1.165, 1.54) is 4.90 Å². The number of nitrogens with one attached hydrogen (secondary N) is 2. The topological polar surface area (TPSA) is 90.7 Å². The lowest BCUT2D eigenvalue weighted by Crippen LogP contribution is -3.08. The number of ether oxygens (including phenoxy) is 4. The molecule has 5 rings (SSSR count). The van der Waals surface area contributed by atoms with Gasteiger partial charge in [0.25, 0.3) is 0 Å². The van der Waals surface area contributed by atoms with Gasteiger partial charge in [0.1, 0.15) is 18.3 Å². The highest BCUT2D eigenvalue weighted by atomic mass is 16.5. The SMILES string of the molecule is COc1cc2c(c(OC)c1OC)-c1ccc(NC[C@H]3CCCO3)c(=O)cc1[C@H]([NH+](C)Cc1ccccc1O)CC2. The number of benzene rings is 2. The van der Waals surface area contributed by atoms with Gasteiger partial charge in [-0.2, -0.15) is 0 Å². The number of fused-ring (bicyclic) bond motifs is 3. The van der Waals surface area contributed by atoms with Crippen LogP contribution in [0, 0.1) is 0 Å². The Morgan fingerprint density at radius 2 is 1.82 bits per heavy atom. The molecule has 0 spiro atoms. The number of phenols is 1. The fourth-order valence-corrected chi connectivity index (χ4v) is 6.08. The average molecular weight is 548 g/mol. The number of hydrogen-bond donors (Lipinski definition) is 3. The Morgan fingerprint density at radius 1 is 1.02 bits per heavy atom. The number of hydrogen-bond acceptors (Lipinski definition) is 7. The van der Waals surface area contributed by atoms with Crippen molar-refractivity contribution in [3.63, 3.8) is 0 Å². The van der Waals surface area contributed by atoms with E-state index in [0.717, 1.165) is 60.1 Å². The molecular formula is C32H39N2O6+. The zero-order valence-corrected chi connectivity index (χ0v) is 23.7. The molecule has 1 fully saturated rings. The summed E-state index contributed by atoms with van der Waals surface area (Å²) in [7, 11) is 6.97. The minimum atomic E-state index is -0.0671. The van der Waals surface area contributed by atoms with Gasteiger partial charge in [0.2, 0.25) is 11.2 Å². The molecule has 212 valence electrons. The summed E-state index contributed by atoms with van der Waals surface area (Å²) in [5.41, 5.74) is 5.19. The average Bonchev–Trinajstić information content (AvgIpc) is 3.37. The van der Waals surface area contributed by atoms with Gasteiger partial charge in [-0.05, 0) is 60.7 Å². The van der Waals surface area contributed by atoms with Gasteiger partial charge in [0, 0.05) is 36.3 Å². The molecule has 0 amide bonds. The number of quaternary nitrogens is 1. The maximum Gasteiger partial charge on any atom is 0.203 e. The third kappa shape index (κ3) is 5.46. The van der Waals surface area contributed by atoms with Crippen LogP contribution in [0.4, 0.5) is 5.69 Å². The first-order valence-corrected chi connectivity index (χ1v) is 13.9. The molecule has 40 heavy (non-hydrogen) atoms. The predicted octanol–water partition coefficient (Wildman–Crippen LogP) is 3.74. The summed E-state index contributed by atoms with van der Waals surface area (Å²) in [4.78, 5) is 14.8. The summed E-state index contributed by atoms with van der Waals surface area (Å²) in [5.74, 6) is 1.99. The second-order valence-corrected chi connectivity index (χ2v) is 10.6. The molecule has 1 unspecified atom stereocenters. The van der Waals surface area contributed by atoms with Crippen LogP contribution >= 0.6 is 0 Å². The van der Waals surface area contributed by atoms with E-state index < -0.39 is 0 Å². The highest BCUT2D eigenvalue weighted by molar-refractivity contribution is 5.82. The number of methoxy groups -OCH3 is 3. The number of rotatable bonds is 9. The largest absolute Gasteiger partial charge is 0.507 e. The maximum atomic E-state index is 13.7. The van der Waals surface area contributed by atoms with Crippen molar-refractivity contribution >= 4 is 5.69 Å². The Hall–Kier alpha value is -3.75. The molecule has 0 aromatic heterocycles. The predicted molar refractivity (Wildman–Crippen MR) is 155 cm³/mol. The van der Waals surface area contributed by atoms with Crippen LogP contribution in [0.1, 0.15) is 42.0 Å². The van der Waals surface area contributed by atoms with Crippen molar-refractivity contribution in [3.8, 4) is 34.1 Å². The summed E-state index contributed by atoms with van der Waals surface area (Å²) in [5, 5.41) is 13.8. The molecule has 1 aliphatic heterocycles. The standard InChI is InChI=1S/C32H38N2O6/c1-34(19-21-8-5-6-10-27(21)35)26-14-11-20-16-29(37-2)31(38-3)32(39-4)30(20)23-12-13-25(28(36)17-24(23)26)33-18-22-9-7-15-40-22/h5-6,8,10,12-13,16-17,22,26,35H,7,9,11,14-15,18-19H2,1-4H3,(H,33,36)/p+1/t22-,26-/m1/s1. The number of phenolic OH excluding ortho intramolecular Hbond substituents is 1. The van der Waals surface area contributed by atoms with Crippen molar-refractivity contribution in [3.05, 3.63) is 75.4 Å². The van der Waals surface area contributed by atoms with Crippen LogP contribution in [0.5, 0.6) is 23.0 Å². The second kappa shape index (κ2) is 12.2. The summed E-state index contributed by atoms with van der Waals surface area (Å²) >= 11 is 0. The summed E-state index contributed by atoms with van der Waals surface area (Å²) in [6, 6.07) is 15.1. The van der Waals surface area contributed by atoms with Crippen molar-refractivity contribution < 1.29 is 29.0 Å². The number of aryl methyl sites for hydroxylation is 1. The zero-order valence-electron chi connectivity index (χ0n) is 23.7. The minimum Gasteiger partial charge on any atom is -0.507 e. The number of aromatic hydroxyl groups is 1. The first-order valence-electron chi connectivity index (χ1n) is 13.9. The van der Waals surface area contributed by atoms with Crippen LogP contribution in [-0.4, -0.2) is 52.7 Å².